The molecule has 4 unspecified atom stereocenters. The maximum Gasteiger partial charge on any atom is 0.142 e. The summed E-state index contributed by atoms with van der Waals surface area (Å²) in [7, 11) is 0. The van der Waals surface area contributed by atoms with Crippen molar-refractivity contribution in [3.8, 4) is 11.5 Å². The Morgan fingerprint density at radius 1 is 1.06 bits per heavy atom. The van der Waals surface area contributed by atoms with Crippen molar-refractivity contribution in [3.63, 3.8) is 0 Å². The third-order valence-electron chi connectivity index (χ3n) is 7.07. The van der Waals surface area contributed by atoms with Crippen LogP contribution in [0.1, 0.15) is 42.3 Å². The number of allylic oxidation sites excluding steroid dienone is 2. The van der Waals surface area contributed by atoms with Crippen molar-refractivity contribution in [1.82, 2.24) is 0 Å². The van der Waals surface area contributed by atoms with Crippen LogP contribution in [0.4, 0.5) is 5.69 Å². The molecule has 1 saturated heterocycles. The molecule has 4 nitrogen and oxygen atoms in total. The number of rotatable bonds is 4. The highest BCUT2D eigenvalue weighted by atomic mass is 16.5. The lowest BCUT2D eigenvalue weighted by molar-refractivity contribution is 0.0681. The van der Waals surface area contributed by atoms with Gasteiger partial charge in [-0.25, -0.2) is 0 Å². The number of anilines is 1. The predicted octanol–water partition coefficient (Wildman–Crippen LogP) is 5.93. The summed E-state index contributed by atoms with van der Waals surface area (Å²) in [6.07, 6.45) is 7.94. The molecule has 0 aromatic heterocycles. The van der Waals surface area contributed by atoms with Gasteiger partial charge in [0.2, 0.25) is 0 Å². The summed E-state index contributed by atoms with van der Waals surface area (Å²) in [6.45, 7) is 1.41. The molecule has 3 aromatic carbocycles. The Kier molecular flexibility index (Phi) is 4.61. The Morgan fingerprint density at radius 3 is 2.90 bits per heavy atom. The number of phenolic OH excluding ortho intramolecular Hbond substituents is 1. The van der Waals surface area contributed by atoms with E-state index in [-0.39, 0.29) is 12.1 Å². The lowest BCUT2D eigenvalue weighted by atomic mass is 9.76. The molecule has 0 bridgehead atoms. The highest BCUT2D eigenvalue weighted by Gasteiger charge is 2.40. The quantitative estimate of drug-likeness (QED) is 0.521. The molecule has 6 rings (SSSR count). The van der Waals surface area contributed by atoms with Gasteiger partial charge in [-0.05, 0) is 53.6 Å². The fourth-order valence-corrected chi connectivity index (χ4v) is 5.57. The zero-order chi connectivity index (χ0) is 20.8. The van der Waals surface area contributed by atoms with Crippen LogP contribution in [-0.2, 0) is 4.74 Å². The summed E-state index contributed by atoms with van der Waals surface area (Å²) in [5.74, 6) is 1.89. The number of para-hydroxylation sites is 1. The molecule has 4 heteroatoms. The van der Waals surface area contributed by atoms with E-state index in [1.54, 1.807) is 0 Å². The molecule has 0 amide bonds. The van der Waals surface area contributed by atoms with Crippen LogP contribution in [-0.4, -0.2) is 24.4 Å². The summed E-state index contributed by atoms with van der Waals surface area (Å²) in [5, 5.41) is 17.0. The Hall–Kier alpha value is -2.98. The molecule has 31 heavy (non-hydrogen) atoms. The van der Waals surface area contributed by atoms with Crippen molar-refractivity contribution in [1.29, 1.82) is 0 Å². The number of ether oxygens (including phenoxy) is 2. The Labute approximate surface area is 182 Å². The van der Waals surface area contributed by atoms with Crippen molar-refractivity contribution in [2.24, 2.45) is 5.92 Å². The van der Waals surface area contributed by atoms with Crippen LogP contribution in [0.3, 0.4) is 0 Å². The van der Waals surface area contributed by atoms with Crippen LogP contribution >= 0.6 is 0 Å². The largest absolute Gasteiger partial charge is 0.508 e. The van der Waals surface area contributed by atoms with Crippen molar-refractivity contribution in [2.45, 2.75) is 37.3 Å². The second kappa shape index (κ2) is 7.61. The van der Waals surface area contributed by atoms with Gasteiger partial charge in [0.05, 0.1) is 17.8 Å². The monoisotopic (exact) mass is 413 g/mol. The van der Waals surface area contributed by atoms with Gasteiger partial charge in [0.15, 0.2) is 0 Å². The summed E-state index contributed by atoms with van der Waals surface area (Å²) in [4.78, 5) is 0. The second-order valence-electron chi connectivity index (χ2n) is 8.86. The fraction of sp³-hybridized carbons (Fsp3) is 0.333. The molecule has 0 saturated carbocycles. The van der Waals surface area contributed by atoms with Crippen LogP contribution in [0.25, 0.3) is 10.8 Å². The third-order valence-corrected chi connectivity index (χ3v) is 7.07. The van der Waals surface area contributed by atoms with Gasteiger partial charge >= 0.3 is 0 Å². The van der Waals surface area contributed by atoms with Crippen molar-refractivity contribution in [2.75, 3.05) is 18.5 Å². The van der Waals surface area contributed by atoms with Gasteiger partial charge in [-0.3, -0.25) is 0 Å². The minimum Gasteiger partial charge on any atom is -0.508 e. The highest BCUT2D eigenvalue weighted by molar-refractivity contribution is 5.89. The van der Waals surface area contributed by atoms with E-state index in [0.717, 1.165) is 53.6 Å². The Morgan fingerprint density at radius 2 is 2.00 bits per heavy atom. The summed E-state index contributed by atoms with van der Waals surface area (Å²) in [6, 6.07) is 18.5. The number of aromatic hydroxyl groups is 1. The number of hydrogen-bond acceptors (Lipinski definition) is 4. The van der Waals surface area contributed by atoms with E-state index in [2.05, 4.69) is 41.7 Å². The first-order valence-corrected chi connectivity index (χ1v) is 11.3. The zero-order valence-corrected chi connectivity index (χ0v) is 17.5. The molecule has 4 atom stereocenters. The maximum atomic E-state index is 10.9. The van der Waals surface area contributed by atoms with Crippen LogP contribution in [0, 0.1) is 5.92 Å². The van der Waals surface area contributed by atoms with E-state index in [1.165, 1.54) is 5.56 Å². The lowest BCUT2D eigenvalue weighted by Crippen LogP contribution is -2.30. The van der Waals surface area contributed by atoms with Gasteiger partial charge in [-0.1, -0.05) is 54.6 Å². The van der Waals surface area contributed by atoms with Crippen molar-refractivity contribution < 1.29 is 14.6 Å². The molecule has 3 aromatic rings. The summed E-state index contributed by atoms with van der Waals surface area (Å²) in [5.41, 5.74) is 3.31. The second-order valence-corrected chi connectivity index (χ2v) is 8.86. The number of benzene rings is 3. The van der Waals surface area contributed by atoms with Crippen LogP contribution in [0.2, 0.25) is 0 Å². The maximum absolute atomic E-state index is 10.9. The number of hydrogen-bond donors (Lipinski definition) is 2. The first kappa shape index (κ1) is 18.8. The van der Waals surface area contributed by atoms with E-state index in [1.807, 2.05) is 30.3 Å². The molecular formula is C27H27NO3. The molecule has 158 valence electrons. The molecule has 2 heterocycles. The minimum absolute atomic E-state index is 0.00563. The molecule has 2 N–H and O–H groups in total. The molecular weight excluding hydrogens is 386 g/mol. The summed E-state index contributed by atoms with van der Waals surface area (Å²) < 4.78 is 12.0. The first-order chi connectivity index (χ1) is 15.3. The van der Waals surface area contributed by atoms with Gasteiger partial charge in [0.1, 0.15) is 18.1 Å². The number of phenols is 1. The van der Waals surface area contributed by atoms with Gasteiger partial charge in [0.25, 0.3) is 0 Å². The van der Waals surface area contributed by atoms with E-state index >= 15 is 0 Å². The topological polar surface area (TPSA) is 50.7 Å². The highest BCUT2D eigenvalue weighted by Crippen LogP contribution is 2.54. The van der Waals surface area contributed by atoms with Crippen LogP contribution in [0.5, 0.6) is 11.5 Å². The van der Waals surface area contributed by atoms with Crippen LogP contribution < -0.4 is 10.1 Å². The molecule has 1 fully saturated rings. The third kappa shape index (κ3) is 3.17. The normalized spacial score (nSPS) is 26.5. The van der Waals surface area contributed by atoms with Gasteiger partial charge in [-0.2, -0.15) is 0 Å². The van der Waals surface area contributed by atoms with Crippen molar-refractivity contribution in [3.05, 3.63) is 77.9 Å². The average molecular weight is 414 g/mol. The Balaban J connectivity index is 1.42. The number of fused-ring (bicyclic) bond motifs is 4. The van der Waals surface area contributed by atoms with E-state index in [4.69, 9.17) is 9.47 Å². The molecule has 3 aliphatic rings. The van der Waals surface area contributed by atoms with E-state index < -0.39 is 0 Å². The smallest absolute Gasteiger partial charge is 0.142 e. The number of nitrogens with one attached hydrogen (secondary N) is 1. The molecule has 0 radical (unpaired) electrons. The van der Waals surface area contributed by atoms with Crippen molar-refractivity contribution >= 4 is 16.5 Å². The zero-order valence-electron chi connectivity index (χ0n) is 17.5. The first-order valence-electron chi connectivity index (χ1n) is 11.3. The summed E-state index contributed by atoms with van der Waals surface area (Å²) >= 11 is 0. The van der Waals surface area contributed by atoms with Gasteiger partial charge < -0.3 is 19.9 Å². The average Bonchev–Trinajstić information content (AvgIpc) is 3.50. The predicted molar refractivity (Wildman–Crippen MR) is 123 cm³/mol. The molecule has 2 aliphatic heterocycles. The minimum atomic E-state index is 0.00563. The SMILES string of the molecule is Oc1ccc2ccccc2c1C1Nc2c(OCC3CCCO3)cccc2C2C=CCC21. The fourth-order valence-electron chi connectivity index (χ4n) is 5.57. The van der Waals surface area contributed by atoms with E-state index in [0.29, 0.717) is 24.2 Å². The van der Waals surface area contributed by atoms with Gasteiger partial charge in [0, 0.05) is 18.1 Å². The Bertz CT molecular complexity index is 1150. The molecule has 0 spiro atoms. The van der Waals surface area contributed by atoms with Gasteiger partial charge in [-0.15, -0.1) is 0 Å². The molecule has 1 aliphatic carbocycles. The standard InChI is InChI=1S/C27H27NO3/c29-23-14-13-17-6-1-2-8-19(17)25(23)27-22-10-3-9-20(22)21-11-4-12-24(26(21)28-27)31-16-18-7-5-15-30-18/h1-4,6,8-9,11-14,18,20,22,27-29H,5,7,10,15-16H2. The van der Waals surface area contributed by atoms with Crippen LogP contribution in [0.15, 0.2) is 66.7 Å². The van der Waals surface area contributed by atoms with E-state index in [9.17, 15) is 5.11 Å². The lowest BCUT2D eigenvalue weighted by Gasteiger charge is -2.39.